The standard InChI is InChI=1S/C9H20N2O/c1-8(2)10-6-9-7-12-5-4-11(9)3/h8-10H,4-7H2,1-3H3/t9-/m1/s1. The number of morpholine rings is 1. The smallest absolute Gasteiger partial charge is 0.0634 e. The van der Waals surface area contributed by atoms with Crippen LogP contribution in [0.1, 0.15) is 13.8 Å². The van der Waals surface area contributed by atoms with Crippen molar-refractivity contribution < 1.29 is 4.74 Å². The summed E-state index contributed by atoms with van der Waals surface area (Å²) in [6.45, 7) is 8.19. The van der Waals surface area contributed by atoms with Crippen LogP contribution in [0, 0.1) is 0 Å². The average molecular weight is 172 g/mol. The van der Waals surface area contributed by atoms with E-state index in [1.165, 1.54) is 0 Å². The van der Waals surface area contributed by atoms with Gasteiger partial charge >= 0.3 is 0 Å². The van der Waals surface area contributed by atoms with Crippen LogP contribution in [0.15, 0.2) is 0 Å². The first-order valence-electron chi connectivity index (χ1n) is 4.71. The van der Waals surface area contributed by atoms with Gasteiger partial charge in [0.05, 0.1) is 13.2 Å². The molecule has 0 aliphatic carbocycles. The number of ether oxygens (including phenoxy) is 1. The molecule has 72 valence electrons. The first-order valence-corrected chi connectivity index (χ1v) is 4.71. The van der Waals surface area contributed by atoms with Crippen molar-refractivity contribution in [1.29, 1.82) is 0 Å². The Kier molecular flexibility index (Phi) is 3.98. The number of hydrogen-bond acceptors (Lipinski definition) is 3. The van der Waals surface area contributed by atoms with Gasteiger partial charge in [0, 0.05) is 25.2 Å². The molecule has 1 aliphatic rings. The Morgan fingerprint density at radius 1 is 1.58 bits per heavy atom. The van der Waals surface area contributed by atoms with Crippen LogP contribution in [-0.2, 0) is 4.74 Å². The normalized spacial score (nSPS) is 26.5. The lowest BCUT2D eigenvalue weighted by molar-refractivity contribution is 0.00587. The Morgan fingerprint density at radius 2 is 2.33 bits per heavy atom. The fraction of sp³-hybridized carbons (Fsp3) is 1.00. The van der Waals surface area contributed by atoms with E-state index in [-0.39, 0.29) is 0 Å². The molecule has 3 heteroatoms. The Bertz CT molecular complexity index is 128. The Balaban J connectivity index is 2.20. The van der Waals surface area contributed by atoms with Crippen molar-refractivity contribution in [3.05, 3.63) is 0 Å². The summed E-state index contributed by atoms with van der Waals surface area (Å²) in [4.78, 5) is 2.36. The van der Waals surface area contributed by atoms with E-state index >= 15 is 0 Å². The molecule has 12 heavy (non-hydrogen) atoms. The first kappa shape index (κ1) is 9.96. The minimum absolute atomic E-state index is 0.557. The van der Waals surface area contributed by atoms with E-state index in [4.69, 9.17) is 4.74 Å². The summed E-state index contributed by atoms with van der Waals surface area (Å²) in [5.74, 6) is 0. The molecule has 1 N–H and O–H groups in total. The van der Waals surface area contributed by atoms with Gasteiger partial charge < -0.3 is 10.1 Å². The Labute approximate surface area is 75.1 Å². The summed E-state index contributed by atoms with van der Waals surface area (Å²) in [6.07, 6.45) is 0. The average Bonchev–Trinajstić information content (AvgIpc) is 2.03. The number of nitrogens with zero attached hydrogens (tertiary/aromatic N) is 1. The molecular weight excluding hydrogens is 152 g/mol. The van der Waals surface area contributed by atoms with E-state index < -0.39 is 0 Å². The molecule has 1 atom stereocenters. The highest BCUT2D eigenvalue weighted by Gasteiger charge is 2.18. The van der Waals surface area contributed by atoms with E-state index in [9.17, 15) is 0 Å². The van der Waals surface area contributed by atoms with Crippen LogP contribution in [0.4, 0.5) is 0 Å². The van der Waals surface area contributed by atoms with Crippen LogP contribution in [0.2, 0.25) is 0 Å². The predicted octanol–water partition coefficient (Wildman–Crippen LogP) is 0.315. The molecule has 0 unspecified atom stereocenters. The zero-order valence-electron chi connectivity index (χ0n) is 8.34. The molecule has 0 radical (unpaired) electrons. The van der Waals surface area contributed by atoms with Crippen LogP contribution in [0.3, 0.4) is 0 Å². The monoisotopic (exact) mass is 172 g/mol. The molecule has 1 saturated heterocycles. The van der Waals surface area contributed by atoms with E-state index in [1.807, 2.05) is 0 Å². The molecule has 0 aromatic heterocycles. The summed E-state index contributed by atoms with van der Waals surface area (Å²) >= 11 is 0. The molecule has 0 aromatic rings. The molecule has 1 fully saturated rings. The third kappa shape index (κ3) is 3.09. The third-order valence-corrected chi connectivity index (χ3v) is 2.28. The van der Waals surface area contributed by atoms with Gasteiger partial charge in [0.1, 0.15) is 0 Å². The van der Waals surface area contributed by atoms with Gasteiger partial charge in [0.15, 0.2) is 0 Å². The topological polar surface area (TPSA) is 24.5 Å². The van der Waals surface area contributed by atoms with Crippen LogP contribution >= 0.6 is 0 Å². The highest BCUT2D eigenvalue weighted by atomic mass is 16.5. The van der Waals surface area contributed by atoms with Crippen LogP contribution < -0.4 is 5.32 Å². The third-order valence-electron chi connectivity index (χ3n) is 2.28. The first-order chi connectivity index (χ1) is 5.70. The lowest BCUT2D eigenvalue weighted by Crippen LogP contribution is -2.49. The van der Waals surface area contributed by atoms with Crippen LogP contribution in [-0.4, -0.2) is 50.3 Å². The summed E-state index contributed by atoms with van der Waals surface area (Å²) in [5.41, 5.74) is 0. The van der Waals surface area contributed by atoms with E-state index in [1.54, 1.807) is 0 Å². The lowest BCUT2D eigenvalue weighted by Gasteiger charge is -2.33. The van der Waals surface area contributed by atoms with Gasteiger partial charge in [0.2, 0.25) is 0 Å². The number of rotatable bonds is 3. The molecule has 1 heterocycles. The number of likely N-dealkylation sites (N-methyl/N-ethyl adjacent to an activating group) is 1. The highest BCUT2D eigenvalue weighted by Crippen LogP contribution is 2.02. The molecule has 0 bridgehead atoms. The van der Waals surface area contributed by atoms with E-state index in [0.29, 0.717) is 12.1 Å². The summed E-state index contributed by atoms with van der Waals surface area (Å²) in [6, 6.07) is 1.13. The highest BCUT2D eigenvalue weighted by molar-refractivity contribution is 4.75. The van der Waals surface area contributed by atoms with E-state index in [2.05, 4.69) is 31.1 Å². The number of nitrogens with one attached hydrogen (secondary N) is 1. The molecule has 1 aliphatic heterocycles. The summed E-state index contributed by atoms with van der Waals surface area (Å²) in [5, 5.41) is 3.42. The summed E-state index contributed by atoms with van der Waals surface area (Å²) in [7, 11) is 2.16. The second kappa shape index (κ2) is 4.80. The maximum Gasteiger partial charge on any atom is 0.0634 e. The van der Waals surface area contributed by atoms with Gasteiger partial charge in [-0.2, -0.15) is 0 Å². The van der Waals surface area contributed by atoms with Gasteiger partial charge in [-0.15, -0.1) is 0 Å². The zero-order chi connectivity index (χ0) is 8.97. The van der Waals surface area contributed by atoms with Gasteiger partial charge in [-0.25, -0.2) is 0 Å². The number of hydrogen-bond donors (Lipinski definition) is 1. The minimum Gasteiger partial charge on any atom is -0.378 e. The van der Waals surface area contributed by atoms with Crippen molar-refractivity contribution in [1.82, 2.24) is 10.2 Å². The van der Waals surface area contributed by atoms with Crippen LogP contribution in [0.5, 0.6) is 0 Å². The maximum atomic E-state index is 5.40. The van der Waals surface area contributed by atoms with Crippen molar-refractivity contribution in [2.45, 2.75) is 25.9 Å². The SMILES string of the molecule is CC(C)NC[C@@H]1COCCN1C. The zero-order valence-corrected chi connectivity index (χ0v) is 8.34. The van der Waals surface area contributed by atoms with Gasteiger partial charge in [-0.05, 0) is 7.05 Å². The lowest BCUT2D eigenvalue weighted by atomic mass is 10.2. The fourth-order valence-corrected chi connectivity index (χ4v) is 1.32. The molecule has 3 nitrogen and oxygen atoms in total. The predicted molar refractivity (Wildman–Crippen MR) is 50.4 cm³/mol. The van der Waals surface area contributed by atoms with Crippen molar-refractivity contribution in [2.24, 2.45) is 0 Å². The Hall–Kier alpha value is -0.120. The van der Waals surface area contributed by atoms with Crippen molar-refractivity contribution >= 4 is 0 Å². The fourth-order valence-electron chi connectivity index (χ4n) is 1.32. The molecule has 0 amide bonds. The quantitative estimate of drug-likeness (QED) is 0.663. The van der Waals surface area contributed by atoms with Gasteiger partial charge in [-0.1, -0.05) is 13.8 Å². The largest absolute Gasteiger partial charge is 0.378 e. The maximum absolute atomic E-state index is 5.40. The summed E-state index contributed by atoms with van der Waals surface area (Å²) < 4.78 is 5.40. The molecule has 0 aromatic carbocycles. The minimum atomic E-state index is 0.557. The van der Waals surface area contributed by atoms with Gasteiger partial charge in [-0.3, -0.25) is 4.90 Å². The van der Waals surface area contributed by atoms with Crippen molar-refractivity contribution in [3.8, 4) is 0 Å². The molecular formula is C9H20N2O. The molecule has 0 saturated carbocycles. The van der Waals surface area contributed by atoms with Crippen molar-refractivity contribution in [2.75, 3.05) is 33.4 Å². The molecule has 0 spiro atoms. The second-order valence-corrected chi connectivity index (χ2v) is 3.77. The van der Waals surface area contributed by atoms with E-state index in [0.717, 1.165) is 26.3 Å². The van der Waals surface area contributed by atoms with Crippen molar-refractivity contribution in [3.63, 3.8) is 0 Å². The molecule has 1 rings (SSSR count). The van der Waals surface area contributed by atoms with Crippen LogP contribution in [0.25, 0.3) is 0 Å². The second-order valence-electron chi connectivity index (χ2n) is 3.77. The Morgan fingerprint density at radius 3 is 2.92 bits per heavy atom. The van der Waals surface area contributed by atoms with Gasteiger partial charge in [0.25, 0.3) is 0 Å².